The van der Waals surface area contributed by atoms with Gasteiger partial charge >= 0.3 is 0 Å². The van der Waals surface area contributed by atoms with E-state index in [0.717, 1.165) is 21.8 Å². The summed E-state index contributed by atoms with van der Waals surface area (Å²) in [6, 6.07) is 13.5. The van der Waals surface area contributed by atoms with Crippen LogP contribution in [0.4, 0.5) is 4.39 Å². The Labute approximate surface area is 130 Å². The Kier molecular flexibility index (Phi) is 5.17. The van der Waals surface area contributed by atoms with Gasteiger partial charge in [-0.3, -0.25) is 0 Å². The predicted octanol–water partition coefficient (Wildman–Crippen LogP) is 5.62. The highest BCUT2D eigenvalue weighted by Gasteiger charge is 2.13. The molecule has 1 atom stereocenters. The normalized spacial score (nSPS) is 12.4. The van der Waals surface area contributed by atoms with E-state index in [4.69, 9.17) is 0 Å². The van der Waals surface area contributed by atoms with E-state index < -0.39 is 0 Å². The molecular formula is C16H15Br2F. The maximum Gasteiger partial charge on any atom is 0.124 e. The Morgan fingerprint density at radius 1 is 1.11 bits per heavy atom. The van der Waals surface area contributed by atoms with E-state index in [9.17, 15) is 4.39 Å². The number of alkyl halides is 1. The predicted molar refractivity (Wildman–Crippen MR) is 85.5 cm³/mol. The second-order valence-electron chi connectivity index (χ2n) is 4.70. The fourth-order valence-corrected chi connectivity index (χ4v) is 3.17. The van der Waals surface area contributed by atoms with Crippen molar-refractivity contribution in [3.63, 3.8) is 0 Å². The first-order valence-corrected chi connectivity index (χ1v) is 8.08. The second-order valence-corrected chi connectivity index (χ2v) is 6.20. The number of aryl methyl sites for hydroxylation is 1. The van der Waals surface area contributed by atoms with Gasteiger partial charge in [0.1, 0.15) is 5.82 Å². The third-order valence-electron chi connectivity index (χ3n) is 3.22. The molecule has 100 valence electrons. The lowest BCUT2D eigenvalue weighted by Crippen LogP contribution is -2.05. The van der Waals surface area contributed by atoms with Crippen molar-refractivity contribution in [3.05, 3.63) is 69.4 Å². The summed E-state index contributed by atoms with van der Waals surface area (Å²) in [6.07, 6.45) is 0.884. The molecule has 1 unspecified atom stereocenters. The average Bonchev–Trinajstić information content (AvgIpc) is 2.39. The minimum Gasteiger partial charge on any atom is -0.207 e. The largest absolute Gasteiger partial charge is 0.207 e. The van der Waals surface area contributed by atoms with Crippen LogP contribution < -0.4 is 0 Å². The zero-order valence-electron chi connectivity index (χ0n) is 10.7. The topological polar surface area (TPSA) is 0 Å². The van der Waals surface area contributed by atoms with Crippen molar-refractivity contribution < 1.29 is 4.39 Å². The molecule has 0 fully saturated rings. The molecular weight excluding hydrogens is 371 g/mol. The number of rotatable bonds is 4. The van der Waals surface area contributed by atoms with Crippen LogP contribution in [0.15, 0.2) is 46.9 Å². The lowest BCUT2D eigenvalue weighted by atomic mass is 9.93. The summed E-state index contributed by atoms with van der Waals surface area (Å²) in [7, 11) is 0. The van der Waals surface area contributed by atoms with Crippen LogP contribution in [0, 0.1) is 12.7 Å². The van der Waals surface area contributed by atoms with Gasteiger partial charge in [-0.05, 0) is 42.5 Å². The van der Waals surface area contributed by atoms with Crippen molar-refractivity contribution in [1.29, 1.82) is 0 Å². The van der Waals surface area contributed by atoms with Gasteiger partial charge in [0.2, 0.25) is 0 Å². The SMILES string of the molecule is Cc1ccc(C(CBr)Cc2ccc(F)cc2Br)cc1. The Hall–Kier alpha value is -0.670. The molecule has 0 saturated heterocycles. The standard InChI is InChI=1S/C16H15Br2F/c1-11-2-4-12(5-3-11)14(10-17)8-13-6-7-15(19)9-16(13)18/h2-7,9,14H,8,10H2,1H3. The molecule has 0 spiro atoms. The molecule has 0 nitrogen and oxygen atoms in total. The van der Waals surface area contributed by atoms with Gasteiger partial charge in [-0.2, -0.15) is 0 Å². The zero-order chi connectivity index (χ0) is 13.8. The number of hydrogen-bond acceptors (Lipinski definition) is 0. The molecule has 0 aliphatic carbocycles. The van der Waals surface area contributed by atoms with Gasteiger partial charge in [0.05, 0.1) is 0 Å². The number of benzene rings is 2. The molecule has 0 heterocycles. The first-order chi connectivity index (χ1) is 9.10. The molecule has 0 N–H and O–H groups in total. The zero-order valence-corrected chi connectivity index (χ0v) is 13.8. The molecule has 2 aromatic rings. The molecule has 0 aliphatic rings. The Bertz CT molecular complexity index is 549. The van der Waals surface area contributed by atoms with E-state index in [1.54, 1.807) is 0 Å². The summed E-state index contributed by atoms with van der Waals surface area (Å²) in [6.45, 7) is 2.09. The summed E-state index contributed by atoms with van der Waals surface area (Å²) in [5.41, 5.74) is 3.70. The number of hydrogen-bond donors (Lipinski definition) is 0. The summed E-state index contributed by atoms with van der Waals surface area (Å²) in [4.78, 5) is 0. The summed E-state index contributed by atoms with van der Waals surface area (Å²) in [5, 5.41) is 0.889. The van der Waals surface area contributed by atoms with Gasteiger partial charge in [-0.25, -0.2) is 4.39 Å². The molecule has 0 bridgehead atoms. The molecule has 3 heteroatoms. The van der Waals surface area contributed by atoms with Crippen LogP contribution in [0.25, 0.3) is 0 Å². The highest BCUT2D eigenvalue weighted by molar-refractivity contribution is 9.10. The van der Waals surface area contributed by atoms with Gasteiger partial charge < -0.3 is 0 Å². The Balaban J connectivity index is 2.21. The van der Waals surface area contributed by atoms with Crippen LogP contribution in [-0.4, -0.2) is 5.33 Å². The van der Waals surface area contributed by atoms with E-state index >= 15 is 0 Å². The van der Waals surface area contributed by atoms with Crippen molar-refractivity contribution in [2.24, 2.45) is 0 Å². The first kappa shape index (κ1) is 14.7. The lowest BCUT2D eigenvalue weighted by Gasteiger charge is -2.16. The molecule has 0 amide bonds. The maximum absolute atomic E-state index is 13.1. The van der Waals surface area contributed by atoms with E-state index in [0.29, 0.717) is 5.92 Å². The van der Waals surface area contributed by atoms with E-state index in [1.807, 2.05) is 6.07 Å². The molecule has 0 aliphatic heterocycles. The Morgan fingerprint density at radius 2 is 1.79 bits per heavy atom. The molecule has 0 radical (unpaired) electrons. The van der Waals surface area contributed by atoms with Gasteiger partial charge in [-0.1, -0.05) is 67.8 Å². The lowest BCUT2D eigenvalue weighted by molar-refractivity contribution is 0.625. The van der Waals surface area contributed by atoms with Crippen molar-refractivity contribution in [2.75, 3.05) is 5.33 Å². The smallest absolute Gasteiger partial charge is 0.124 e. The molecule has 0 saturated carbocycles. The van der Waals surface area contributed by atoms with Gasteiger partial charge in [0.25, 0.3) is 0 Å². The van der Waals surface area contributed by atoms with Crippen LogP contribution in [0.2, 0.25) is 0 Å². The fraction of sp³-hybridized carbons (Fsp3) is 0.250. The van der Waals surface area contributed by atoms with Crippen LogP contribution in [0.1, 0.15) is 22.6 Å². The van der Waals surface area contributed by atoms with Crippen LogP contribution in [-0.2, 0) is 6.42 Å². The van der Waals surface area contributed by atoms with Crippen molar-refractivity contribution >= 4 is 31.9 Å². The monoisotopic (exact) mass is 384 g/mol. The van der Waals surface area contributed by atoms with Crippen molar-refractivity contribution in [1.82, 2.24) is 0 Å². The van der Waals surface area contributed by atoms with E-state index in [2.05, 4.69) is 63.0 Å². The van der Waals surface area contributed by atoms with Gasteiger partial charge in [0, 0.05) is 9.80 Å². The minimum absolute atomic E-state index is 0.207. The summed E-state index contributed by atoms with van der Waals surface area (Å²) < 4.78 is 13.9. The van der Waals surface area contributed by atoms with Crippen molar-refractivity contribution in [2.45, 2.75) is 19.3 Å². The highest BCUT2D eigenvalue weighted by atomic mass is 79.9. The average molecular weight is 386 g/mol. The van der Waals surface area contributed by atoms with E-state index in [-0.39, 0.29) is 5.82 Å². The fourth-order valence-electron chi connectivity index (χ4n) is 2.05. The highest BCUT2D eigenvalue weighted by Crippen LogP contribution is 2.27. The minimum atomic E-state index is -0.207. The maximum atomic E-state index is 13.1. The summed E-state index contributed by atoms with van der Waals surface area (Å²) >= 11 is 7.01. The third-order valence-corrected chi connectivity index (χ3v) is 4.74. The van der Waals surface area contributed by atoms with Crippen LogP contribution >= 0.6 is 31.9 Å². The van der Waals surface area contributed by atoms with Crippen LogP contribution in [0.5, 0.6) is 0 Å². The second kappa shape index (κ2) is 6.67. The Morgan fingerprint density at radius 3 is 2.37 bits per heavy atom. The first-order valence-electron chi connectivity index (χ1n) is 6.16. The number of halogens is 3. The molecule has 19 heavy (non-hydrogen) atoms. The molecule has 2 rings (SSSR count). The molecule has 0 aromatic heterocycles. The van der Waals surface area contributed by atoms with Gasteiger partial charge in [-0.15, -0.1) is 0 Å². The van der Waals surface area contributed by atoms with E-state index in [1.165, 1.54) is 23.3 Å². The van der Waals surface area contributed by atoms with Gasteiger partial charge in [0.15, 0.2) is 0 Å². The van der Waals surface area contributed by atoms with Crippen molar-refractivity contribution in [3.8, 4) is 0 Å². The molecule has 2 aromatic carbocycles. The summed E-state index contributed by atoms with van der Waals surface area (Å²) in [5.74, 6) is 0.184. The van der Waals surface area contributed by atoms with Crippen LogP contribution in [0.3, 0.4) is 0 Å². The third kappa shape index (κ3) is 3.90. The quantitative estimate of drug-likeness (QED) is 0.599.